The van der Waals surface area contributed by atoms with E-state index in [0.29, 0.717) is 6.42 Å². The van der Waals surface area contributed by atoms with Crippen LogP contribution in [0.15, 0.2) is 30.6 Å². The number of benzene rings is 1. The van der Waals surface area contributed by atoms with Gasteiger partial charge in [0.2, 0.25) is 0 Å². The molecular formula is C15H21N3O2. The Balaban J connectivity index is 2.25. The number of ether oxygens (including phenoxy) is 2. The Morgan fingerprint density at radius 1 is 1.25 bits per heavy atom. The first-order valence-electron chi connectivity index (χ1n) is 6.67. The molecule has 1 aromatic carbocycles. The molecule has 1 heterocycles. The van der Waals surface area contributed by atoms with E-state index < -0.39 is 0 Å². The van der Waals surface area contributed by atoms with Crippen molar-refractivity contribution in [3.8, 4) is 11.5 Å². The summed E-state index contributed by atoms with van der Waals surface area (Å²) in [4.78, 5) is 0. The minimum atomic E-state index is -0.199. The van der Waals surface area contributed by atoms with Gasteiger partial charge < -0.3 is 15.2 Å². The van der Waals surface area contributed by atoms with Gasteiger partial charge in [-0.15, -0.1) is 0 Å². The molecule has 0 amide bonds. The van der Waals surface area contributed by atoms with E-state index in [2.05, 4.69) is 12.0 Å². The van der Waals surface area contributed by atoms with Crippen LogP contribution in [-0.4, -0.2) is 24.0 Å². The Bertz CT molecular complexity index is 544. The molecule has 0 spiro atoms. The van der Waals surface area contributed by atoms with Crippen LogP contribution >= 0.6 is 0 Å². The lowest BCUT2D eigenvalue weighted by molar-refractivity contribution is 0.379. The molecule has 5 nitrogen and oxygen atoms in total. The molecule has 0 saturated heterocycles. The first-order valence-corrected chi connectivity index (χ1v) is 6.67. The Morgan fingerprint density at radius 2 is 1.90 bits per heavy atom. The smallest absolute Gasteiger partial charge is 0.127 e. The summed E-state index contributed by atoms with van der Waals surface area (Å²) in [7, 11) is 3.28. The van der Waals surface area contributed by atoms with E-state index in [1.807, 2.05) is 35.3 Å². The van der Waals surface area contributed by atoms with E-state index in [9.17, 15) is 0 Å². The maximum Gasteiger partial charge on any atom is 0.127 e. The molecule has 0 aliphatic rings. The zero-order valence-electron chi connectivity index (χ0n) is 12.2. The number of nitrogens with two attached hydrogens (primary N) is 1. The summed E-state index contributed by atoms with van der Waals surface area (Å²) in [6.45, 7) is 2.91. The number of rotatable bonds is 6. The van der Waals surface area contributed by atoms with Crippen LogP contribution in [0.3, 0.4) is 0 Å². The molecule has 108 valence electrons. The predicted molar refractivity (Wildman–Crippen MR) is 78.1 cm³/mol. The van der Waals surface area contributed by atoms with Crippen LogP contribution in [0.4, 0.5) is 0 Å². The van der Waals surface area contributed by atoms with E-state index in [0.717, 1.165) is 29.2 Å². The number of methoxy groups -OCH3 is 2. The van der Waals surface area contributed by atoms with Crippen LogP contribution < -0.4 is 15.2 Å². The Kier molecular flexibility index (Phi) is 4.63. The fraction of sp³-hybridized carbons (Fsp3) is 0.400. The van der Waals surface area contributed by atoms with Crippen LogP contribution in [0.25, 0.3) is 0 Å². The van der Waals surface area contributed by atoms with E-state index in [-0.39, 0.29) is 6.04 Å². The standard InChI is InChI=1S/C15H21N3O2/c1-4-18-10-11(9-17-18)8-12(16)15-13(19-2)6-5-7-14(15)20-3/h5-7,9-10,12H,4,8,16H2,1-3H3. The van der Waals surface area contributed by atoms with Crippen molar-refractivity contribution in [1.82, 2.24) is 9.78 Å². The number of aryl methyl sites for hydroxylation is 1. The molecule has 0 fully saturated rings. The van der Waals surface area contributed by atoms with Gasteiger partial charge in [-0.25, -0.2) is 0 Å². The van der Waals surface area contributed by atoms with Gasteiger partial charge in [-0.3, -0.25) is 4.68 Å². The van der Waals surface area contributed by atoms with Crippen molar-refractivity contribution in [2.24, 2.45) is 5.73 Å². The highest BCUT2D eigenvalue weighted by molar-refractivity contribution is 5.47. The van der Waals surface area contributed by atoms with E-state index in [4.69, 9.17) is 15.2 Å². The summed E-state index contributed by atoms with van der Waals surface area (Å²) < 4.78 is 12.7. The van der Waals surface area contributed by atoms with Crippen LogP contribution in [0, 0.1) is 0 Å². The summed E-state index contributed by atoms with van der Waals surface area (Å²) in [5, 5.41) is 4.27. The first kappa shape index (κ1) is 14.4. The fourth-order valence-electron chi connectivity index (χ4n) is 2.29. The lowest BCUT2D eigenvalue weighted by Crippen LogP contribution is -2.15. The Morgan fingerprint density at radius 3 is 2.40 bits per heavy atom. The van der Waals surface area contributed by atoms with Gasteiger partial charge in [0.05, 0.1) is 26.0 Å². The summed E-state index contributed by atoms with van der Waals surface area (Å²) in [5.74, 6) is 1.50. The third-order valence-corrected chi connectivity index (χ3v) is 3.30. The largest absolute Gasteiger partial charge is 0.496 e. The van der Waals surface area contributed by atoms with Crippen LogP contribution in [0.1, 0.15) is 24.1 Å². The second-order valence-corrected chi connectivity index (χ2v) is 4.59. The highest BCUT2D eigenvalue weighted by Crippen LogP contribution is 2.34. The lowest BCUT2D eigenvalue weighted by Gasteiger charge is -2.18. The van der Waals surface area contributed by atoms with Crippen molar-refractivity contribution in [2.45, 2.75) is 25.9 Å². The SMILES string of the molecule is CCn1cc(CC(N)c2c(OC)cccc2OC)cn1. The molecule has 2 N–H and O–H groups in total. The normalized spacial score (nSPS) is 12.2. The average Bonchev–Trinajstić information content (AvgIpc) is 2.93. The van der Waals surface area contributed by atoms with Gasteiger partial charge >= 0.3 is 0 Å². The number of hydrogen-bond donors (Lipinski definition) is 1. The topological polar surface area (TPSA) is 62.3 Å². The van der Waals surface area contributed by atoms with Gasteiger partial charge in [-0.2, -0.15) is 5.10 Å². The summed E-state index contributed by atoms with van der Waals surface area (Å²) in [5.41, 5.74) is 8.33. The minimum absolute atomic E-state index is 0.199. The van der Waals surface area contributed by atoms with Gasteiger partial charge in [0.1, 0.15) is 11.5 Å². The van der Waals surface area contributed by atoms with Crippen molar-refractivity contribution >= 4 is 0 Å². The average molecular weight is 275 g/mol. The van der Waals surface area contributed by atoms with Gasteiger partial charge in [0.25, 0.3) is 0 Å². The molecule has 0 saturated carbocycles. The molecule has 2 aromatic rings. The minimum Gasteiger partial charge on any atom is -0.496 e. The van der Waals surface area contributed by atoms with E-state index in [1.165, 1.54) is 0 Å². The lowest BCUT2D eigenvalue weighted by atomic mass is 9.99. The van der Waals surface area contributed by atoms with Gasteiger partial charge in [-0.1, -0.05) is 6.07 Å². The van der Waals surface area contributed by atoms with Crippen LogP contribution in [0.5, 0.6) is 11.5 Å². The highest BCUT2D eigenvalue weighted by atomic mass is 16.5. The fourth-order valence-corrected chi connectivity index (χ4v) is 2.29. The number of nitrogens with zero attached hydrogens (tertiary/aromatic N) is 2. The summed E-state index contributed by atoms with van der Waals surface area (Å²) in [6.07, 6.45) is 4.56. The van der Waals surface area contributed by atoms with Gasteiger partial charge in [-0.05, 0) is 31.0 Å². The van der Waals surface area contributed by atoms with Crippen molar-refractivity contribution in [3.05, 3.63) is 41.7 Å². The van der Waals surface area contributed by atoms with Crippen molar-refractivity contribution < 1.29 is 9.47 Å². The van der Waals surface area contributed by atoms with E-state index >= 15 is 0 Å². The molecule has 1 atom stereocenters. The second-order valence-electron chi connectivity index (χ2n) is 4.59. The van der Waals surface area contributed by atoms with Crippen molar-refractivity contribution in [2.75, 3.05) is 14.2 Å². The number of hydrogen-bond acceptors (Lipinski definition) is 4. The second kappa shape index (κ2) is 6.43. The molecule has 1 unspecified atom stereocenters. The van der Waals surface area contributed by atoms with Crippen molar-refractivity contribution in [1.29, 1.82) is 0 Å². The quantitative estimate of drug-likeness (QED) is 0.877. The maximum absolute atomic E-state index is 6.33. The van der Waals surface area contributed by atoms with Gasteiger partial charge in [0.15, 0.2) is 0 Å². The molecule has 0 radical (unpaired) electrons. The summed E-state index contributed by atoms with van der Waals surface area (Å²) in [6, 6.07) is 5.49. The van der Waals surface area contributed by atoms with Gasteiger partial charge in [0, 0.05) is 18.8 Å². The summed E-state index contributed by atoms with van der Waals surface area (Å²) >= 11 is 0. The maximum atomic E-state index is 6.33. The third-order valence-electron chi connectivity index (χ3n) is 3.30. The number of aromatic nitrogens is 2. The van der Waals surface area contributed by atoms with Crippen molar-refractivity contribution in [3.63, 3.8) is 0 Å². The first-order chi connectivity index (χ1) is 9.69. The van der Waals surface area contributed by atoms with Crippen LogP contribution in [-0.2, 0) is 13.0 Å². The molecule has 5 heteroatoms. The molecule has 0 aliphatic carbocycles. The zero-order chi connectivity index (χ0) is 14.5. The molecule has 0 aliphatic heterocycles. The molecule has 1 aromatic heterocycles. The zero-order valence-corrected chi connectivity index (χ0v) is 12.2. The molecule has 2 rings (SSSR count). The Hall–Kier alpha value is -2.01. The molecule has 0 bridgehead atoms. The Labute approximate surface area is 119 Å². The highest BCUT2D eigenvalue weighted by Gasteiger charge is 2.18. The molecule has 20 heavy (non-hydrogen) atoms. The third kappa shape index (κ3) is 2.93. The monoisotopic (exact) mass is 275 g/mol. The van der Waals surface area contributed by atoms with Crippen LogP contribution in [0.2, 0.25) is 0 Å². The van der Waals surface area contributed by atoms with E-state index in [1.54, 1.807) is 14.2 Å². The predicted octanol–water partition coefficient (Wildman–Crippen LogP) is 2.16. The molecular weight excluding hydrogens is 254 g/mol.